The van der Waals surface area contributed by atoms with Crippen molar-refractivity contribution in [3.63, 3.8) is 0 Å². The van der Waals surface area contributed by atoms with Crippen LogP contribution in [0.3, 0.4) is 0 Å². The molecule has 0 fully saturated rings. The molecule has 0 aliphatic heterocycles. The summed E-state index contributed by atoms with van der Waals surface area (Å²) in [7, 11) is 0. The number of carbonyl (C=O) groups excluding carboxylic acids is 1. The first-order chi connectivity index (χ1) is 10.6. The average Bonchev–Trinajstić information content (AvgIpc) is 2.89. The molecule has 1 aromatic heterocycles. The molecule has 6 heteroatoms. The molecule has 2 N–H and O–H groups in total. The lowest BCUT2D eigenvalue weighted by Gasteiger charge is -2.07. The summed E-state index contributed by atoms with van der Waals surface area (Å²) in [6.45, 7) is 6.32. The van der Waals surface area contributed by atoms with E-state index in [4.69, 9.17) is 11.6 Å². The summed E-state index contributed by atoms with van der Waals surface area (Å²) in [5.74, 6) is -0.101. The Morgan fingerprint density at radius 3 is 2.64 bits per heavy atom. The Hall–Kier alpha value is -1.85. The maximum Gasteiger partial charge on any atom is 0.254 e. The molecule has 0 atom stereocenters. The molecule has 0 saturated heterocycles. The normalized spacial score (nSPS) is 10.7. The van der Waals surface area contributed by atoms with Gasteiger partial charge in [-0.2, -0.15) is 5.10 Å². The number of amides is 1. The number of halogens is 1. The van der Waals surface area contributed by atoms with Gasteiger partial charge in [0.05, 0.1) is 23.1 Å². The number of benzene rings is 1. The Labute approximate surface area is 135 Å². The van der Waals surface area contributed by atoms with Crippen LogP contribution in [0.15, 0.2) is 30.5 Å². The minimum Gasteiger partial charge on any atom is -0.351 e. The van der Waals surface area contributed by atoms with Crippen LogP contribution in [0, 0.1) is 6.92 Å². The lowest BCUT2D eigenvalue weighted by molar-refractivity contribution is 0.0953. The van der Waals surface area contributed by atoms with Crippen molar-refractivity contribution < 1.29 is 4.79 Å². The van der Waals surface area contributed by atoms with E-state index in [0.29, 0.717) is 17.1 Å². The third-order valence-corrected chi connectivity index (χ3v) is 3.59. The number of nitrogens with one attached hydrogen (secondary N) is 2. The minimum atomic E-state index is -0.101. The summed E-state index contributed by atoms with van der Waals surface area (Å²) in [5.41, 5.74) is 2.28. The van der Waals surface area contributed by atoms with Crippen LogP contribution in [0.5, 0.6) is 0 Å². The lowest BCUT2D eigenvalue weighted by Crippen LogP contribution is -2.32. The summed E-state index contributed by atoms with van der Waals surface area (Å²) in [5, 5.41) is 11.1. The van der Waals surface area contributed by atoms with E-state index < -0.39 is 0 Å². The van der Waals surface area contributed by atoms with Crippen molar-refractivity contribution in [3.05, 3.63) is 46.7 Å². The molecule has 1 amide bonds. The van der Waals surface area contributed by atoms with Gasteiger partial charge in [0, 0.05) is 18.1 Å². The second-order valence-electron chi connectivity index (χ2n) is 5.04. The van der Waals surface area contributed by atoms with E-state index in [1.165, 1.54) is 0 Å². The molecule has 0 saturated carbocycles. The van der Waals surface area contributed by atoms with Gasteiger partial charge in [0.15, 0.2) is 0 Å². The molecule has 2 rings (SSSR count). The van der Waals surface area contributed by atoms with Gasteiger partial charge in [0.1, 0.15) is 0 Å². The first kappa shape index (κ1) is 16.5. The van der Waals surface area contributed by atoms with E-state index in [-0.39, 0.29) is 5.91 Å². The second-order valence-corrected chi connectivity index (χ2v) is 5.47. The third kappa shape index (κ3) is 4.08. The summed E-state index contributed by atoms with van der Waals surface area (Å²) in [6, 6.07) is 7.35. The third-order valence-electron chi connectivity index (χ3n) is 3.34. The summed E-state index contributed by atoms with van der Waals surface area (Å²) < 4.78 is 1.74. The van der Waals surface area contributed by atoms with Gasteiger partial charge in [-0.1, -0.05) is 18.5 Å². The number of rotatable bonds is 7. The summed E-state index contributed by atoms with van der Waals surface area (Å²) >= 11 is 5.89. The maximum atomic E-state index is 12.2. The number of hydrogen-bond donors (Lipinski definition) is 2. The van der Waals surface area contributed by atoms with Gasteiger partial charge in [-0.15, -0.1) is 0 Å². The molecule has 22 heavy (non-hydrogen) atoms. The highest BCUT2D eigenvalue weighted by Crippen LogP contribution is 2.16. The molecule has 0 aliphatic rings. The number of hydrogen-bond acceptors (Lipinski definition) is 3. The number of aromatic nitrogens is 2. The molecule has 0 unspecified atom stereocenters. The van der Waals surface area contributed by atoms with Gasteiger partial charge >= 0.3 is 0 Å². The lowest BCUT2D eigenvalue weighted by atomic mass is 10.2. The molecular formula is C16H21ClN4O. The van der Waals surface area contributed by atoms with Crippen molar-refractivity contribution in [2.75, 3.05) is 19.6 Å². The van der Waals surface area contributed by atoms with Crippen LogP contribution in [0.25, 0.3) is 5.69 Å². The fourth-order valence-corrected chi connectivity index (χ4v) is 2.26. The standard InChI is InChI=1S/C16H21ClN4O/c1-3-8-18-9-10-19-16(22)15-11-20-21(12(15)2)14-6-4-13(17)5-7-14/h4-7,11,18H,3,8-10H2,1-2H3,(H,19,22). The molecule has 0 spiro atoms. The van der Waals surface area contributed by atoms with E-state index in [9.17, 15) is 4.79 Å². The highest BCUT2D eigenvalue weighted by molar-refractivity contribution is 6.30. The zero-order valence-corrected chi connectivity index (χ0v) is 13.7. The van der Waals surface area contributed by atoms with Gasteiger partial charge in [-0.3, -0.25) is 4.79 Å². The van der Waals surface area contributed by atoms with Crippen molar-refractivity contribution in [1.82, 2.24) is 20.4 Å². The molecule has 1 heterocycles. The SMILES string of the molecule is CCCNCCNC(=O)c1cnn(-c2ccc(Cl)cc2)c1C. The van der Waals surface area contributed by atoms with Crippen LogP contribution in [0.1, 0.15) is 29.4 Å². The predicted octanol–water partition coefficient (Wildman–Crippen LogP) is 2.56. The van der Waals surface area contributed by atoms with Crippen LogP contribution in [-0.4, -0.2) is 35.3 Å². The smallest absolute Gasteiger partial charge is 0.254 e. The summed E-state index contributed by atoms with van der Waals surface area (Å²) in [4.78, 5) is 12.2. The maximum absolute atomic E-state index is 12.2. The average molecular weight is 321 g/mol. The predicted molar refractivity (Wildman–Crippen MR) is 88.8 cm³/mol. The quantitative estimate of drug-likeness (QED) is 0.771. The zero-order chi connectivity index (χ0) is 15.9. The van der Waals surface area contributed by atoms with Gasteiger partial charge in [-0.05, 0) is 44.2 Å². The molecule has 2 aromatic rings. The summed E-state index contributed by atoms with van der Waals surface area (Å²) in [6.07, 6.45) is 2.68. The molecule has 1 aromatic carbocycles. The highest BCUT2D eigenvalue weighted by Gasteiger charge is 2.14. The van der Waals surface area contributed by atoms with E-state index in [0.717, 1.165) is 30.9 Å². The van der Waals surface area contributed by atoms with Crippen LogP contribution < -0.4 is 10.6 Å². The fraction of sp³-hybridized carbons (Fsp3) is 0.375. The Kier molecular flexibility index (Phi) is 5.98. The van der Waals surface area contributed by atoms with E-state index in [1.54, 1.807) is 23.0 Å². The largest absolute Gasteiger partial charge is 0.351 e. The number of carbonyl (C=O) groups is 1. The van der Waals surface area contributed by atoms with Gasteiger partial charge < -0.3 is 10.6 Å². The van der Waals surface area contributed by atoms with Crippen molar-refractivity contribution in [1.29, 1.82) is 0 Å². The van der Waals surface area contributed by atoms with Crippen LogP contribution >= 0.6 is 11.6 Å². The highest BCUT2D eigenvalue weighted by atomic mass is 35.5. The first-order valence-corrected chi connectivity index (χ1v) is 7.80. The van der Waals surface area contributed by atoms with Gasteiger partial charge in [0.25, 0.3) is 5.91 Å². The Morgan fingerprint density at radius 1 is 1.23 bits per heavy atom. The molecular weight excluding hydrogens is 300 g/mol. The Morgan fingerprint density at radius 2 is 1.95 bits per heavy atom. The van der Waals surface area contributed by atoms with Crippen LogP contribution in [0.2, 0.25) is 5.02 Å². The molecule has 0 radical (unpaired) electrons. The van der Waals surface area contributed by atoms with Crippen LogP contribution in [0.4, 0.5) is 0 Å². The Bertz CT molecular complexity index is 622. The van der Waals surface area contributed by atoms with Crippen molar-refractivity contribution in [3.8, 4) is 5.69 Å². The van der Waals surface area contributed by atoms with Crippen molar-refractivity contribution in [2.45, 2.75) is 20.3 Å². The molecule has 5 nitrogen and oxygen atoms in total. The fourth-order valence-electron chi connectivity index (χ4n) is 2.14. The minimum absolute atomic E-state index is 0.101. The molecule has 0 bridgehead atoms. The topological polar surface area (TPSA) is 58.9 Å². The second kappa shape index (κ2) is 7.96. The van der Waals surface area contributed by atoms with Gasteiger partial charge in [0.2, 0.25) is 0 Å². The monoisotopic (exact) mass is 320 g/mol. The molecule has 0 aliphatic carbocycles. The van der Waals surface area contributed by atoms with Crippen LogP contribution in [-0.2, 0) is 0 Å². The van der Waals surface area contributed by atoms with E-state index in [1.807, 2.05) is 19.1 Å². The van der Waals surface area contributed by atoms with Crippen molar-refractivity contribution in [2.24, 2.45) is 0 Å². The molecule has 118 valence electrons. The zero-order valence-electron chi connectivity index (χ0n) is 12.9. The van der Waals surface area contributed by atoms with E-state index >= 15 is 0 Å². The van der Waals surface area contributed by atoms with E-state index in [2.05, 4.69) is 22.7 Å². The van der Waals surface area contributed by atoms with Crippen molar-refractivity contribution >= 4 is 17.5 Å². The van der Waals surface area contributed by atoms with Gasteiger partial charge in [-0.25, -0.2) is 4.68 Å². The number of nitrogens with zero attached hydrogens (tertiary/aromatic N) is 2. The first-order valence-electron chi connectivity index (χ1n) is 7.43. The Balaban J connectivity index is 2.01.